The van der Waals surface area contributed by atoms with Crippen LogP contribution >= 0.6 is 0 Å². The van der Waals surface area contributed by atoms with Gasteiger partial charge in [0, 0.05) is 17.0 Å². The van der Waals surface area contributed by atoms with Crippen LogP contribution in [0, 0.1) is 18.3 Å². The van der Waals surface area contributed by atoms with Crippen LogP contribution in [0.15, 0.2) is 24.3 Å². The number of benzene rings is 1. The molecule has 5 heteroatoms. The van der Waals surface area contributed by atoms with Gasteiger partial charge in [0.15, 0.2) is 0 Å². The van der Waals surface area contributed by atoms with Gasteiger partial charge in [-0.25, -0.2) is 0 Å². The molecule has 4 rings (SSSR count). The second-order valence-corrected chi connectivity index (χ2v) is 7.11. The minimum Gasteiger partial charge on any atom is -0.385 e. The fraction of sp³-hybridized carbons (Fsp3) is 0.421. The van der Waals surface area contributed by atoms with Crippen LogP contribution in [0.3, 0.4) is 0 Å². The lowest BCUT2D eigenvalue weighted by Gasteiger charge is -2.45. The first-order valence-corrected chi connectivity index (χ1v) is 8.29. The van der Waals surface area contributed by atoms with Crippen molar-refractivity contribution in [2.24, 2.45) is 0 Å². The SMILES string of the molecule is Cc1ccc2nc(C3CC3)cc(C(=O)N3CC(O)(CC#N)C3)c2c1. The first kappa shape index (κ1) is 15.1. The number of carbonyl (C=O) groups is 1. The predicted molar refractivity (Wildman–Crippen MR) is 89.5 cm³/mol. The molecule has 1 saturated heterocycles. The van der Waals surface area contributed by atoms with Gasteiger partial charge in [0.05, 0.1) is 36.7 Å². The molecule has 24 heavy (non-hydrogen) atoms. The molecule has 0 atom stereocenters. The number of fused-ring (bicyclic) bond motifs is 1. The molecule has 0 spiro atoms. The predicted octanol–water partition coefficient (Wildman–Crippen LogP) is 2.52. The summed E-state index contributed by atoms with van der Waals surface area (Å²) in [6.45, 7) is 2.43. The van der Waals surface area contributed by atoms with Crippen molar-refractivity contribution in [3.63, 3.8) is 0 Å². The average molecular weight is 321 g/mol. The standard InChI is InChI=1S/C19H19N3O2/c1-12-2-5-16-14(8-12)15(9-17(21-16)13-3-4-13)18(23)22-10-19(24,11-22)6-7-20/h2,5,8-9,13,24H,3-4,6,10-11H2,1H3. The van der Waals surface area contributed by atoms with Crippen LogP contribution in [-0.4, -0.2) is 39.6 Å². The third-order valence-corrected chi connectivity index (χ3v) is 4.88. The Morgan fingerprint density at radius 1 is 1.42 bits per heavy atom. The molecule has 1 amide bonds. The van der Waals surface area contributed by atoms with E-state index in [1.165, 1.54) is 0 Å². The molecule has 1 aromatic heterocycles. The monoisotopic (exact) mass is 321 g/mol. The highest BCUT2D eigenvalue weighted by molar-refractivity contribution is 6.06. The molecule has 1 aliphatic carbocycles. The van der Waals surface area contributed by atoms with Crippen molar-refractivity contribution in [3.05, 3.63) is 41.1 Å². The molecule has 2 heterocycles. The zero-order valence-electron chi connectivity index (χ0n) is 13.6. The van der Waals surface area contributed by atoms with Crippen molar-refractivity contribution in [1.29, 1.82) is 5.26 Å². The molecule has 0 bridgehead atoms. The molecular weight excluding hydrogens is 302 g/mol. The van der Waals surface area contributed by atoms with Crippen LogP contribution in [-0.2, 0) is 0 Å². The molecule has 122 valence electrons. The third-order valence-electron chi connectivity index (χ3n) is 4.88. The van der Waals surface area contributed by atoms with Gasteiger partial charge in [-0.05, 0) is 38.0 Å². The van der Waals surface area contributed by atoms with E-state index in [4.69, 9.17) is 10.2 Å². The average Bonchev–Trinajstić information content (AvgIpc) is 3.36. The zero-order chi connectivity index (χ0) is 16.9. The lowest BCUT2D eigenvalue weighted by atomic mass is 9.90. The van der Waals surface area contributed by atoms with Crippen LogP contribution in [0.2, 0.25) is 0 Å². The number of β-amino-alcohol motifs (C(OH)–C–C–N with tert-alkyl or cyclic N) is 1. The van der Waals surface area contributed by atoms with Crippen LogP contribution < -0.4 is 0 Å². The van der Waals surface area contributed by atoms with E-state index in [0.29, 0.717) is 11.5 Å². The Hall–Kier alpha value is -2.45. The van der Waals surface area contributed by atoms with Gasteiger partial charge in [-0.2, -0.15) is 5.26 Å². The van der Waals surface area contributed by atoms with Crippen LogP contribution in [0.1, 0.15) is 46.8 Å². The fourth-order valence-electron chi connectivity index (χ4n) is 3.36. The second-order valence-electron chi connectivity index (χ2n) is 7.11. The maximum absolute atomic E-state index is 12.9. The summed E-state index contributed by atoms with van der Waals surface area (Å²) in [5, 5.41) is 19.8. The number of aliphatic hydroxyl groups is 1. The van der Waals surface area contributed by atoms with E-state index < -0.39 is 5.60 Å². The second kappa shape index (κ2) is 5.29. The van der Waals surface area contributed by atoms with Gasteiger partial charge in [-0.3, -0.25) is 9.78 Å². The van der Waals surface area contributed by atoms with Crippen molar-refractivity contribution in [1.82, 2.24) is 9.88 Å². The molecule has 2 fully saturated rings. The molecule has 0 unspecified atom stereocenters. The summed E-state index contributed by atoms with van der Waals surface area (Å²) in [6.07, 6.45) is 2.31. The first-order chi connectivity index (χ1) is 11.5. The van der Waals surface area contributed by atoms with Crippen molar-refractivity contribution in [2.45, 2.75) is 37.7 Å². The number of nitriles is 1. The quantitative estimate of drug-likeness (QED) is 0.942. The molecule has 1 saturated carbocycles. The Bertz CT molecular complexity index is 874. The molecule has 1 aromatic carbocycles. The van der Waals surface area contributed by atoms with E-state index in [1.807, 2.05) is 37.3 Å². The van der Waals surface area contributed by atoms with Gasteiger partial charge in [0.25, 0.3) is 5.91 Å². The summed E-state index contributed by atoms with van der Waals surface area (Å²) in [5.74, 6) is 0.381. The van der Waals surface area contributed by atoms with Crippen molar-refractivity contribution >= 4 is 16.8 Å². The van der Waals surface area contributed by atoms with Gasteiger partial charge in [-0.1, -0.05) is 11.6 Å². The minimum absolute atomic E-state index is 0.0559. The van der Waals surface area contributed by atoms with Gasteiger partial charge in [0.1, 0.15) is 5.60 Å². The van der Waals surface area contributed by atoms with Crippen LogP contribution in [0.5, 0.6) is 0 Å². The van der Waals surface area contributed by atoms with Crippen LogP contribution in [0.4, 0.5) is 0 Å². The number of amides is 1. The first-order valence-electron chi connectivity index (χ1n) is 8.29. The number of aromatic nitrogens is 1. The van der Waals surface area contributed by atoms with E-state index in [-0.39, 0.29) is 25.4 Å². The fourth-order valence-corrected chi connectivity index (χ4v) is 3.36. The highest BCUT2D eigenvalue weighted by Gasteiger charge is 2.44. The molecule has 5 nitrogen and oxygen atoms in total. The Balaban J connectivity index is 1.71. The highest BCUT2D eigenvalue weighted by atomic mass is 16.3. The summed E-state index contributed by atoms with van der Waals surface area (Å²) < 4.78 is 0. The number of rotatable bonds is 3. The molecule has 1 aliphatic heterocycles. The number of hydrogen-bond acceptors (Lipinski definition) is 4. The van der Waals surface area contributed by atoms with E-state index in [1.54, 1.807) is 4.90 Å². The third kappa shape index (κ3) is 2.53. The summed E-state index contributed by atoms with van der Waals surface area (Å²) >= 11 is 0. The largest absolute Gasteiger partial charge is 0.385 e. The normalized spacial score (nSPS) is 19.0. The number of nitrogens with zero attached hydrogens (tertiary/aromatic N) is 3. The van der Waals surface area contributed by atoms with Gasteiger partial charge in [-0.15, -0.1) is 0 Å². The summed E-state index contributed by atoms with van der Waals surface area (Å²) in [5.41, 5.74) is 2.53. The van der Waals surface area contributed by atoms with Crippen molar-refractivity contribution in [3.8, 4) is 6.07 Å². The topological polar surface area (TPSA) is 77.2 Å². The maximum Gasteiger partial charge on any atom is 0.254 e. The highest BCUT2D eigenvalue weighted by Crippen LogP contribution is 2.40. The van der Waals surface area contributed by atoms with E-state index in [2.05, 4.69) is 0 Å². The summed E-state index contributed by atoms with van der Waals surface area (Å²) in [4.78, 5) is 19.3. The summed E-state index contributed by atoms with van der Waals surface area (Å²) in [7, 11) is 0. The molecule has 1 N–H and O–H groups in total. The smallest absolute Gasteiger partial charge is 0.254 e. The van der Waals surface area contributed by atoms with Crippen molar-refractivity contribution in [2.75, 3.05) is 13.1 Å². The maximum atomic E-state index is 12.9. The Labute approximate surface area is 140 Å². The van der Waals surface area contributed by atoms with Gasteiger partial charge >= 0.3 is 0 Å². The van der Waals surface area contributed by atoms with Gasteiger partial charge < -0.3 is 10.0 Å². The molecular formula is C19H19N3O2. The Morgan fingerprint density at radius 3 is 2.83 bits per heavy atom. The van der Waals surface area contributed by atoms with E-state index in [0.717, 1.165) is 35.0 Å². The lowest BCUT2D eigenvalue weighted by molar-refractivity contribution is -0.0769. The van der Waals surface area contributed by atoms with E-state index in [9.17, 15) is 9.90 Å². The minimum atomic E-state index is -1.05. The summed E-state index contributed by atoms with van der Waals surface area (Å²) in [6, 6.07) is 9.87. The van der Waals surface area contributed by atoms with Gasteiger partial charge in [0.2, 0.25) is 0 Å². The van der Waals surface area contributed by atoms with E-state index >= 15 is 0 Å². The lowest BCUT2D eigenvalue weighted by Crippen LogP contribution is -2.63. The molecule has 0 radical (unpaired) electrons. The number of carbonyl (C=O) groups excluding carboxylic acids is 1. The number of aryl methyl sites for hydroxylation is 1. The Morgan fingerprint density at radius 2 is 2.17 bits per heavy atom. The molecule has 2 aliphatic rings. The number of pyridine rings is 1. The van der Waals surface area contributed by atoms with Crippen molar-refractivity contribution < 1.29 is 9.90 Å². The molecule has 2 aromatic rings. The van der Waals surface area contributed by atoms with Crippen LogP contribution in [0.25, 0.3) is 10.9 Å². The number of likely N-dealkylation sites (tertiary alicyclic amines) is 1. The Kier molecular flexibility index (Phi) is 3.33. The number of hydrogen-bond donors (Lipinski definition) is 1. The zero-order valence-corrected chi connectivity index (χ0v) is 13.6.